The number of hydrogen-bond acceptors (Lipinski definition) is 3. The fraction of sp³-hybridized carbons (Fsp3) is 0.111. The molecule has 0 aliphatic carbocycles. The van der Waals surface area contributed by atoms with Gasteiger partial charge in [-0.3, -0.25) is 9.48 Å². The summed E-state index contributed by atoms with van der Waals surface area (Å²) in [6.45, 7) is 0. The molecule has 0 N–H and O–H groups in total. The van der Waals surface area contributed by atoms with Crippen LogP contribution in [0.1, 0.15) is 10.6 Å². The molecule has 13 heavy (non-hydrogen) atoms. The van der Waals surface area contributed by atoms with Gasteiger partial charge in [0.25, 0.3) is 0 Å². The van der Waals surface area contributed by atoms with E-state index in [1.165, 1.54) is 0 Å². The van der Waals surface area contributed by atoms with Gasteiger partial charge in [-0.15, -0.1) is 0 Å². The van der Waals surface area contributed by atoms with Crippen LogP contribution in [0, 0.1) is 0 Å². The molecule has 4 heteroatoms. The molecule has 0 saturated carbocycles. The van der Waals surface area contributed by atoms with Gasteiger partial charge in [0.05, 0.1) is 0 Å². The average Bonchev–Trinajstić information content (AvgIpc) is 2.71. The minimum atomic E-state index is 0.320. The second-order valence-corrected chi connectivity index (χ2v) is 2.69. The van der Waals surface area contributed by atoms with Crippen LogP contribution in [-0.2, 0) is 7.05 Å². The molecular weight excluding hydrogens is 168 g/mol. The lowest BCUT2D eigenvalue weighted by Crippen LogP contribution is -1.86. The normalized spacial score (nSPS) is 10.2. The maximum absolute atomic E-state index is 10.3. The van der Waals surface area contributed by atoms with Crippen LogP contribution in [0.25, 0.3) is 11.5 Å². The standard InChI is InChI=1S/C9H8N2O2/c1-11-5-4-8(10-11)9-3-2-7(6-12)13-9/h2-6H,1H3. The zero-order valence-electron chi connectivity index (χ0n) is 7.10. The van der Waals surface area contributed by atoms with Crippen molar-refractivity contribution in [1.29, 1.82) is 0 Å². The van der Waals surface area contributed by atoms with E-state index in [1.807, 2.05) is 19.3 Å². The lowest BCUT2D eigenvalue weighted by Gasteiger charge is -1.88. The summed E-state index contributed by atoms with van der Waals surface area (Å²) in [7, 11) is 1.83. The molecule has 66 valence electrons. The molecule has 2 rings (SSSR count). The van der Waals surface area contributed by atoms with Crippen LogP contribution in [0.5, 0.6) is 0 Å². The molecule has 0 bridgehead atoms. The highest BCUT2D eigenvalue weighted by Crippen LogP contribution is 2.18. The minimum Gasteiger partial charge on any atom is -0.452 e. The van der Waals surface area contributed by atoms with Crippen LogP contribution in [0.15, 0.2) is 28.8 Å². The summed E-state index contributed by atoms with van der Waals surface area (Å²) in [6.07, 6.45) is 2.49. The molecular formula is C9H8N2O2. The van der Waals surface area contributed by atoms with Crippen molar-refractivity contribution in [3.8, 4) is 11.5 Å². The monoisotopic (exact) mass is 176 g/mol. The van der Waals surface area contributed by atoms with Gasteiger partial charge in [-0.1, -0.05) is 0 Å². The highest BCUT2D eigenvalue weighted by atomic mass is 16.3. The lowest BCUT2D eigenvalue weighted by atomic mass is 10.3. The van der Waals surface area contributed by atoms with Gasteiger partial charge in [-0.05, 0) is 18.2 Å². The number of furan rings is 1. The van der Waals surface area contributed by atoms with Crippen LogP contribution >= 0.6 is 0 Å². The van der Waals surface area contributed by atoms with Gasteiger partial charge in [0, 0.05) is 13.2 Å². The summed E-state index contributed by atoms with van der Waals surface area (Å²) in [5, 5.41) is 4.14. The van der Waals surface area contributed by atoms with Gasteiger partial charge in [0.15, 0.2) is 17.8 Å². The molecule has 0 atom stereocenters. The van der Waals surface area contributed by atoms with E-state index in [0.717, 1.165) is 5.69 Å². The van der Waals surface area contributed by atoms with E-state index in [2.05, 4.69) is 5.10 Å². The van der Waals surface area contributed by atoms with E-state index in [0.29, 0.717) is 17.8 Å². The molecule has 2 aromatic rings. The summed E-state index contributed by atoms with van der Waals surface area (Å²) in [6, 6.07) is 5.18. The Morgan fingerprint density at radius 1 is 1.46 bits per heavy atom. The Morgan fingerprint density at radius 3 is 2.85 bits per heavy atom. The average molecular weight is 176 g/mol. The van der Waals surface area contributed by atoms with Crippen molar-refractivity contribution >= 4 is 6.29 Å². The van der Waals surface area contributed by atoms with Crippen molar-refractivity contribution in [3.05, 3.63) is 30.2 Å². The summed E-state index contributed by atoms with van der Waals surface area (Å²) < 4.78 is 6.87. The number of aryl methyl sites for hydroxylation is 1. The number of rotatable bonds is 2. The SMILES string of the molecule is Cn1ccc(-c2ccc(C=O)o2)n1. The van der Waals surface area contributed by atoms with Gasteiger partial charge >= 0.3 is 0 Å². The third kappa shape index (κ3) is 1.38. The predicted octanol–water partition coefficient (Wildman–Crippen LogP) is 1.49. The molecule has 0 radical (unpaired) electrons. The van der Waals surface area contributed by atoms with E-state index in [4.69, 9.17) is 4.42 Å². The quantitative estimate of drug-likeness (QED) is 0.651. The summed E-state index contributed by atoms with van der Waals surface area (Å²) in [5.74, 6) is 0.934. The number of nitrogens with zero attached hydrogens (tertiary/aromatic N) is 2. The van der Waals surface area contributed by atoms with Crippen LogP contribution in [0.2, 0.25) is 0 Å². The molecule has 0 aliphatic heterocycles. The van der Waals surface area contributed by atoms with E-state index < -0.39 is 0 Å². The molecule has 0 unspecified atom stereocenters. The zero-order valence-corrected chi connectivity index (χ0v) is 7.10. The highest BCUT2D eigenvalue weighted by molar-refractivity contribution is 5.72. The molecule has 0 aromatic carbocycles. The first-order valence-electron chi connectivity index (χ1n) is 3.84. The molecule has 0 spiro atoms. The molecule has 0 fully saturated rings. The summed E-state index contributed by atoms with van der Waals surface area (Å²) in [4.78, 5) is 10.3. The van der Waals surface area contributed by atoms with Crippen LogP contribution in [-0.4, -0.2) is 16.1 Å². The third-order valence-electron chi connectivity index (χ3n) is 1.71. The molecule has 0 amide bonds. The van der Waals surface area contributed by atoms with Crippen molar-refractivity contribution in [3.63, 3.8) is 0 Å². The van der Waals surface area contributed by atoms with Gasteiger partial charge in [-0.25, -0.2) is 0 Å². The zero-order chi connectivity index (χ0) is 9.26. The molecule has 2 aromatic heterocycles. The largest absolute Gasteiger partial charge is 0.452 e. The molecule has 0 aliphatic rings. The Balaban J connectivity index is 2.40. The predicted molar refractivity (Wildman–Crippen MR) is 46.3 cm³/mol. The second-order valence-electron chi connectivity index (χ2n) is 2.69. The third-order valence-corrected chi connectivity index (χ3v) is 1.71. The van der Waals surface area contributed by atoms with Crippen LogP contribution < -0.4 is 0 Å². The Morgan fingerprint density at radius 2 is 2.31 bits per heavy atom. The number of carbonyl (C=O) groups excluding carboxylic acids is 1. The second kappa shape index (κ2) is 2.90. The van der Waals surface area contributed by atoms with Gasteiger partial charge in [0.2, 0.25) is 0 Å². The van der Waals surface area contributed by atoms with Gasteiger partial charge in [-0.2, -0.15) is 5.10 Å². The van der Waals surface area contributed by atoms with Crippen molar-refractivity contribution in [2.24, 2.45) is 7.05 Å². The number of hydrogen-bond donors (Lipinski definition) is 0. The Labute approximate surface area is 74.8 Å². The van der Waals surface area contributed by atoms with Gasteiger partial charge < -0.3 is 4.42 Å². The van der Waals surface area contributed by atoms with E-state index >= 15 is 0 Å². The Hall–Kier alpha value is -1.84. The maximum Gasteiger partial charge on any atom is 0.185 e. The Kier molecular flexibility index (Phi) is 1.73. The maximum atomic E-state index is 10.3. The number of carbonyl (C=O) groups is 1. The van der Waals surface area contributed by atoms with Gasteiger partial charge in [0.1, 0.15) is 5.69 Å². The summed E-state index contributed by atoms with van der Waals surface area (Å²) >= 11 is 0. The first-order chi connectivity index (χ1) is 6.29. The van der Waals surface area contributed by atoms with Crippen molar-refractivity contribution in [2.75, 3.05) is 0 Å². The van der Waals surface area contributed by atoms with Crippen molar-refractivity contribution in [1.82, 2.24) is 9.78 Å². The topological polar surface area (TPSA) is 48.0 Å². The van der Waals surface area contributed by atoms with E-state index in [9.17, 15) is 4.79 Å². The van der Waals surface area contributed by atoms with Crippen LogP contribution in [0.4, 0.5) is 0 Å². The number of aldehydes is 1. The van der Waals surface area contributed by atoms with Crippen LogP contribution in [0.3, 0.4) is 0 Å². The number of aromatic nitrogens is 2. The molecule has 2 heterocycles. The fourth-order valence-electron chi connectivity index (χ4n) is 1.10. The minimum absolute atomic E-state index is 0.320. The molecule has 0 saturated heterocycles. The first kappa shape index (κ1) is 7.79. The van der Waals surface area contributed by atoms with E-state index in [1.54, 1.807) is 16.8 Å². The van der Waals surface area contributed by atoms with E-state index in [-0.39, 0.29) is 0 Å². The Bertz CT molecular complexity index is 428. The first-order valence-corrected chi connectivity index (χ1v) is 3.84. The lowest BCUT2D eigenvalue weighted by molar-refractivity contribution is 0.110. The highest BCUT2D eigenvalue weighted by Gasteiger charge is 2.05. The van der Waals surface area contributed by atoms with Crippen molar-refractivity contribution in [2.45, 2.75) is 0 Å². The molecule has 4 nitrogen and oxygen atoms in total. The smallest absolute Gasteiger partial charge is 0.185 e. The van der Waals surface area contributed by atoms with Crippen molar-refractivity contribution < 1.29 is 9.21 Å². The summed E-state index contributed by atoms with van der Waals surface area (Å²) in [5.41, 5.74) is 0.732. The fourth-order valence-corrected chi connectivity index (χ4v) is 1.10.